The quantitative estimate of drug-likeness (QED) is 0.183. The summed E-state index contributed by atoms with van der Waals surface area (Å²) < 4.78 is 0. The molecule has 0 aliphatic carbocycles. The average Bonchev–Trinajstić information content (AvgIpc) is 2.80. The molecule has 0 atom stereocenters. The second kappa shape index (κ2) is 4.98. The maximum Gasteiger partial charge on any atom is -0.00139 e. The van der Waals surface area contributed by atoms with E-state index in [0.29, 0.717) is 0 Å². The van der Waals surface area contributed by atoms with Gasteiger partial charge in [0.25, 0.3) is 0 Å². The molecule has 8 aromatic rings. The third-order valence-corrected chi connectivity index (χ3v) is 7.05. The van der Waals surface area contributed by atoms with Gasteiger partial charge in [0.1, 0.15) is 0 Å². The van der Waals surface area contributed by atoms with Crippen molar-refractivity contribution in [2.75, 3.05) is 0 Å². The molecule has 0 fully saturated rings. The second-order valence-electron chi connectivity index (χ2n) is 8.57. The fraction of sp³-hybridized carbons (Fsp3) is 0. The average molecular weight is 376 g/mol. The molecular formula is C30H16. The molecule has 0 heteroatoms. The summed E-state index contributed by atoms with van der Waals surface area (Å²) in [5.74, 6) is 0. The Bertz CT molecular complexity index is 1790. The summed E-state index contributed by atoms with van der Waals surface area (Å²) in [6.45, 7) is 0. The molecule has 8 aromatic carbocycles. The molecule has 0 amide bonds. The Morgan fingerprint density at radius 2 is 0.700 bits per heavy atom. The molecule has 0 N–H and O–H groups in total. The summed E-state index contributed by atoms with van der Waals surface area (Å²) >= 11 is 0. The van der Waals surface area contributed by atoms with Gasteiger partial charge < -0.3 is 0 Å². The SMILES string of the molecule is c1ccc2c(c1)cc1cc3ccc4c5ccccc5cc5cc6ccc2c1c6c3c54. The smallest absolute Gasteiger partial charge is 0.00139 e. The lowest BCUT2D eigenvalue weighted by Gasteiger charge is -2.19. The molecule has 0 bridgehead atoms. The zero-order valence-electron chi connectivity index (χ0n) is 16.2. The molecule has 0 aromatic heterocycles. The predicted octanol–water partition coefficient (Wildman–Crippen LogP) is 8.63. The molecular weight excluding hydrogens is 360 g/mol. The Hall–Kier alpha value is -3.90. The topological polar surface area (TPSA) is 0 Å². The zero-order valence-corrected chi connectivity index (χ0v) is 16.2. The van der Waals surface area contributed by atoms with E-state index in [1.807, 2.05) is 0 Å². The minimum atomic E-state index is 1.31. The van der Waals surface area contributed by atoms with Gasteiger partial charge in [0.05, 0.1) is 0 Å². The molecule has 30 heavy (non-hydrogen) atoms. The van der Waals surface area contributed by atoms with Crippen LogP contribution in [0.5, 0.6) is 0 Å². The molecule has 0 unspecified atom stereocenters. The van der Waals surface area contributed by atoms with Crippen molar-refractivity contribution in [2.24, 2.45) is 0 Å². The van der Waals surface area contributed by atoms with Crippen LogP contribution in [0, 0.1) is 0 Å². The number of rotatable bonds is 0. The summed E-state index contributed by atoms with van der Waals surface area (Å²) in [5, 5.41) is 19.0. The van der Waals surface area contributed by atoms with Crippen LogP contribution in [0.1, 0.15) is 0 Å². The van der Waals surface area contributed by atoms with E-state index in [1.54, 1.807) is 0 Å². The molecule has 0 saturated heterocycles. The van der Waals surface area contributed by atoms with Gasteiger partial charge in [-0.25, -0.2) is 0 Å². The van der Waals surface area contributed by atoms with Gasteiger partial charge in [0, 0.05) is 0 Å². The van der Waals surface area contributed by atoms with Crippen molar-refractivity contribution in [3.8, 4) is 0 Å². The fourth-order valence-corrected chi connectivity index (χ4v) is 5.84. The van der Waals surface area contributed by atoms with Gasteiger partial charge >= 0.3 is 0 Å². The first-order chi connectivity index (χ1) is 14.9. The number of hydrogen-bond acceptors (Lipinski definition) is 0. The highest BCUT2D eigenvalue weighted by Crippen LogP contribution is 2.46. The first kappa shape index (κ1) is 15.0. The summed E-state index contributed by atoms with van der Waals surface area (Å²) in [5.41, 5.74) is 0. The van der Waals surface area contributed by atoms with Crippen LogP contribution in [0.4, 0.5) is 0 Å². The maximum atomic E-state index is 2.39. The van der Waals surface area contributed by atoms with E-state index in [9.17, 15) is 0 Å². The summed E-state index contributed by atoms with van der Waals surface area (Å²) in [6, 6.07) is 36.3. The van der Waals surface area contributed by atoms with E-state index in [0.717, 1.165) is 0 Å². The van der Waals surface area contributed by atoms with Gasteiger partial charge in [-0.1, -0.05) is 72.8 Å². The van der Waals surface area contributed by atoms with Crippen molar-refractivity contribution in [2.45, 2.75) is 0 Å². The Kier molecular flexibility index (Phi) is 2.49. The lowest BCUT2D eigenvalue weighted by molar-refractivity contribution is 1.79. The van der Waals surface area contributed by atoms with E-state index in [-0.39, 0.29) is 0 Å². The molecule has 0 aliphatic heterocycles. The number of benzene rings is 8. The van der Waals surface area contributed by atoms with Crippen LogP contribution in [-0.2, 0) is 0 Å². The summed E-state index contributed by atoms with van der Waals surface area (Å²) in [6.07, 6.45) is 0. The van der Waals surface area contributed by atoms with Crippen LogP contribution < -0.4 is 0 Å². The molecule has 0 heterocycles. The Morgan fingerprint density at radius 3 is 1.20 bits per heavy atom. The molecule has 0 nitrogen and oxygen atoms in total. The van der Waals surface area contributed by atoms with E-state index in [2.05, 4.69) is 97.1 Å². The van der Waals surface area contributed by atoms with E-state index >= 15 is 0 Å². The third-order valence-electron chi connectivity index (χ3n) is 7.05. The van der Waals surface area contributed by atoms with E-state index in [1.165, 1.54) is 75.4 Å². The van der Waals surface area contributed by atoms with Crippen molar-refractivity contribution in [1.29, 1.82) is 0 Å². The lowest BCUT2D eigenvalue weighted by Crippen LogP contribution is -1.90. The molecule has 136 valence electrons. The molecule has 0 radical (unpaired) electrons. The van der Waals surface area contributed by atoms with Crippen LogP contribution in [0.2, 0.25) is 0 Å². The van der Waals surface area contributed by atoms with Crippen molar-refractivity contribution >= 4 is 75.4 Å². The number of hydrogen-bond donors (Lipinski definition) is 0. The van der Waals surface area contributed by atoms with E-state index < -0.39 is 0 Å². The maximum absolute atomic E-state index is 2.39. The minimum absolute atomic E-state index is 1.31. The first-order valence-electron chi connectivity index (χ1n) is 10.5. The third kappa shape index (κ3) is 1.66. The van der Waals surface area contributed by atoms with Gasteiger partial charge in [-0.15, -0.1) is 0 Å². The van der Waals surface area contributed by atoms with Crippen molar-refractivity contribution in [3.05, 3.63) is 97.1 Å². The van der Waals surface area contributed by atoms with Gasteiger partial charge in [-0.05, 0) is 99.7 Å². The van der Waals surface area contributed by atoms with Crippen LogP contribution in [0.15, 0.2) is 97.1 Å². The minimum Gasteiger partial charge on any atom is -0.0616 e. The molecule has 0 spiro atoms. The van der Waals surface area contributed by atoms with Crippen LogP contribution in [0.25, 0.3) is 75.4 Å². The van der Waals surface area contributed by atoms with E-state index in [4.69, 9.17) is 0 Å². The van der Waals surface area contributed by atoms with Crippen LogP contribution >= 0.6 is 0 Å². The standard InChI is InChI=1S/C30H16/c1-3-7-23-17(5-1)13-21-15-19-10-12-26-24-8-4-2-6-18(24)14-22-16-20-9-11-25(23)27(21)29(20)30(19)28(22)26/h1-16H. The highest BCUT2D eigenvalue weighted by atomic mass is 14.2. The Balaban J connectivity index is 1.76. The normalized spacial score (nSPS) is 12.7. The molecule has 0 aliphatic rings. The van der Waals surface area contributed by atoms with Gasteiger partial charge in [-0.3, -0.25) is 0 Å². The highest BCUT2D eigenvalue weighted by molar-refractivity contribution is 6.40. The second-order valence-corrected chi connectivity index (χ2v) is 8.57. The summed E-state index contributed by atoms with van der Waals surface area (Å²) in [7, 11) is 0. The van der Waals surface area contributed by atoms with Crippen molar-refractivity contribution in [1.82, 2.24) is 0 Å². The molecule has 0 saturated carbocycles. The van der Waals surface area contributed by atoms with Crippen LogP contribution in [0.3, 0.4) is 0 Å². The van der Waals surface area contributed by atoms with Gasteiger partial charge in [-0.2, -0.15) is 0 Å². The predicted molar refractivity (Wildman–Crippen MR) is 131 cm³/mol. The number of fused-ring (bicyclic) bond motifs is 4. The Labute approximate surface area is 172 Å². The van der Waals surface area contributed by atoms with Crippen molar-refractivity contribution < 1.29 is 0 Å². The molecule has 8 rings (SSSR count). The lowest BCUT2D eigenvalue weighted by atomic mass is 9.84. The van der Waals surface area contributed by atoms with Crippen LogP contribution in [-0.4, -0.2) is 0 Å². The van der Waals surface area contributed by atoms with Gasteiger partial charge in [0.2, 0.25) is 0 Å². The Morgan fingerprint density at radius 1 is 0.267 bits per heavy atom. The van der Waals surface area contributed by atoms with Gasteiger partial charge in [0.15, 0.2) is 0 Å². The monoisotopic (exact) mass is 376 g/mol. The van der Waals surface area contributed by atoms with Crippen molar-refractivity contribution in [3.63, 3.8) is 0 Å². The largest absolute Gasteiger partial charge is 0.0616 e. The fourth-order valence-electron chi connectivity index (χ4n) is 5.84. The summed E-state index contributed by atoms with van der Waals surface area (Å²) in [4.78, 5) is 0. The first-order valence-corrected chi connectivity index (χ1v) is 10.5. The highest BCUT2D eigenvalue weighted by Gasteiger charge is 2.17. The zero-order chi connectivity index (χ0) is 19.4.